The van der Waals surface area contributed by atoms with Gasteiger partial charge in [0.15, 0.2) is 0 Å². The lowest BCUT2D eigenvalue weighted by Crippen LogP contribution is -2.45. The molecule has 2 heteroatoms. The molecule has 76 valence electrons. The Labute approximate surface area is 82.2 Å². The zero-order valence-electron chi connectivity index (χ0n) is 9.89. The van der Waals surface area contributed by atoms with Gasteiger partial charge < -0.3 is 0 Å². The summed E-state index contributed by atoms with van der Waals surface area (Å²) in [6.07, 6.45) is 1.23. The van der Waals surface area contributed by atoms with Crippen LogP contribution in [0.5, 0.6) is 0 Å². The van der Waals surface area contributed by atoms with E-state index in [4.69, 9.17) is 0 Å². The third-order valence-corrected chi connectivity index (χ3v) is 3.72. The Kier molecular flexibility index (Phi) is 2.69. The van der Waals surface area contributed by atoms with Crippen LogP contribution in [-0.2, 0) is 0 Å². The van der Waals surface area contributed by atoms with Gasteiger partial charge in [-0.15, -0.1) is 0 Å². The number of hydrogen-bond donors (Lipinski definition) is 0. The second-order valence-electron chi connectivity index (χ2n) is 4.63. The summed E-state index contributed by atoms with van der Waals surface area (Å²) in [5, 5.41) is 0. The highest BCUT2D eigenvalue weighted by atomic mass is 15.4. The summed E-state index contributed by atoms with van der Waals surface area (Å²) in [5.41, 5.74) is 0.277. The maximum absolute atomic E-state index is 2.51. The van der Waals surface area contributed by atoms with Gasteiger partial charge in [0.1, 0.15) is 11.6 Å². The van der Waals surface area contributed by atoms with E-state index in [2.05, 4.69) is 51.1 Å². The highest BCUT2D eigenvalue weighted by Crippen LogP contribution is 2.26. The third-order valence-electron chi connectivity index (χ3n) is 3.72. The normalized spacial score (nSPS) is 27.2. The Morgan fingerprint density at radius 3 is 2.31 bits per heavy atom. The van der Waals surface area contributed by atoms with Crippen LogP contribution in [-0.4, -0.2) is 40.5 Å². The third kappa shape index (κ3) is 1.47. The molecule has 1 aliphatic heterocycles. The summed E-state index contributed by atoms with van der Waals surface area (Å²) in [6.45, 7) is 12.6. The molecule has 1 unspecified atom stereocenters. The van der Waals surface area contributed by atoms with E-state index in [-0.39, 0.29) is 5.54 Å². The standard InChI is InChI=1S/C11H23N2/c1-7-8-13-9(2)11(4,5)12(6)10(13)3/h9H,7-8H2,1-6H3/q+1. The van der Waals surface area contributed by atoms with E-state index < -0.39 is 0 Å². The first-order chi connectivity index (χ1) is 5.92. The van der Waals surface area contributed by atoms with Crippen LogP contribution in [0.25, 0.3) is 0 Å². The predicted octanol–water partition coefficient (Wildman–Crippen LogP) is 1.94. The van der Waals surface area contributed by atoms with Crippen LogP contribution in [0, 0.1) is 0 Å². The van der Waals surface area contributed by atoms with Gasteiger partial charge in [-0.05, 0) is 27.2 Å². The second-order valence-corrected chi connectivity index (χ2v) is 4.63. The van der Waals surface area contributed by atoms with Crippen molar-refractivity contribution in [3.63, 3.8) is 0 Å². The van der Waals surface area contributed by atoms with Gasteiger partial charge in [-0.25, -0.2) is 0 Å². The van der Waals surface area contributed by atoms with Crippen molar-refractivity contribution in [3.8, 4) is 0 Å². The zero-order chi connectivity index (χ0) is 10.2. The minimum atomic E-state index is 0.277. The summed E-state index contributed by atoms with van der Waals surface area (Å²) < 4.78 is 2.51. The summed E-state index contributed by atoms with van der Waals surface area (Å²) in [7, 11) is 2.20. The first-order valence-electron chi connectivity index (χ1n) is 5.27. The molecule has 0 radical (unpaired) electrons. The predicted molar refractivity (Wildman–Crippen MR) is 57.4 cm³/mol. The summed E-state index contributed by atoms with van der Waals surface area (Å²) in [5.74, 6) is 1.42. The lowest BCUT2D eigenvalue weighted by Gasteiger charge is -2.26. The van der Waals surface area contributed by atoms with Crippen molar-refractivity contribution in [2.24, 2.45) is 0 Å². The van der Waals surface area contributed by atoms with Gasteiger partial charge in [0.2, 0.25) is 5.84 Å². The molecule has 1 heterocycles. The molecule has 1 aliphatic rings. The summed E-state index contributed by atoms with van der Waals surface area (Å²) in [6, 6.07) is 0.623. The van der Waals surface area contributed by atoms with Crippen molar-refractivity contribution >= 4 is 5.84 Å². The molecule has 0 amide bonds. The summed E-state index contributed by atoms with van der Waals surface area (Å²) in [4.78, 5) is 2.40. The van der Waals surface area contributed by atoms with Crippen molar-refractivity contribution in [3.05, 3.63) is 0 Å². The molecular weight excluding hydrogens is 160 g/mol. The highest BCUT2D eigenvalue weighted by Gasteiger charge is 2.47. The molecule has 0 N–H and O–H groups in total. The smallest absolute Gasteiger partial charge is 0.244 e. The average molecular weight is 183 g/mol. The fourth-order valence-corrected chi connectivity index (χ4v) is 2.15. The first-order valence-corrected chi connectivity index (χ1v) is 5.27. The van der Waals surface area contributed by atoms with Gasteiger partial charge in [-0.1, -0.05) is 6.92 Å². The molecule has 0 saturated heterocycles. The lowest BCUT2D eigenvalue weighted by atomic mass is 9.96. The number of likely N-dealkylation sites (N-methyl/N-ethyl adjacent to an activating group) is 1. The van der Waals surface area contributed by atoms with E-state index in [1.807, 2.05) is 0 Å². The molecule has 0 aromatic heterocycles. The maximum Gasteiger partial charge on any atom is 0.244 e. The maximum atomic E-state index is 2.51. The highest BCUT2D eigenvalue weighted by molar-refractivity contribution is 5.76. The monoisotopic (exact) mass is 183 g/mol. The minimum absolute atomic E-state index is 0.277. The Morgan fingerprint density at radius 1 is 1.46 bits per heavy atom. The quantitative estimate of drug-likeness (QED) is 0.593. The Balaban J connectivity index is 2.94. The van der Waals surface area contributed by atoms with Gasteiger partial charge in [0.05, 0.1) is 13.6 Å². The SMILES string of the molecule is CCC[N+]1=C(C)N(C)C(C)(C)C1C. The van der Waals surface area contributed by atoms with E-state index in [9.17, 15) is 0 Å². The van der Waals surface area contributed by atoms with Crippen molar-refractivity contribution in [2.45, 2.75) is 52.6 Å². The summed E-state index contributed by atoms with van der Waals surface area (Å²) >= 11 is 0. The first kappa shape index (κ1) is 10.6. The number of hydrogen-bond acceptors (Lipinski definition) is 1. The lowest BCUT2D eigenvalue weighted by molar-refractivity contribution is -0.560. The molecule has 0 saturated carbocycles. The Bertz CT molecular complexity index is 228. The van der Waals surface area contributed by atoms with Crippen LogP contribution in [0.3, 0.4) is 0 Å². The van der Waals surface area contributed by atoms with Crippen molar-refractivity contribution in [2.75, 3.05) is 13.6 Å². The van der Waals surface area contributed by atoms with E-state index in [0.29, 0.717) is 6.04 Å². The largest absolute Gasteiger partial charge is 0.260 e. The fourth-order valence-electron chi connectivity index (χ4n) is 2.15. The zero-order valence-corrected chi connectivity index (χ0v) is 9.89. The van der Waals surface area contributed by atoms with E-state index in [1.165, 1.54) is 18.8 Å². The van der Waals surface area contributed by atoms with Crippen LogP contribution in [0.1, 0.15) is 41.0 Å². The molecule has 0 fully saturated rings. The van der Waals surface area contributed by atoms with E-state index in [1.54, 1.807) is 0 Å². The fraction of sp³-hybridized carbons (Fsp3) is 0.909. The van der Waals surface area contributed by atoms with E-state index >= 15 is 0 Å². The number of nitrogens with zero attached hydrogens (tertiary/aromatic N) is 2. The van der Waals surface area contributed by atoms with Gasteiger partial charge in [-0.3, -0.25) is 9.48 Å². The topological polar surface area (TPSA) is 6.25 Å². The van der Waals surface area contributed by atoms with Crippen molar-refractivity contribution in [1.82, 2.24) is 4.90 Å². The Hall–Kier alpha value is -0.530. The van der Waals surface area contributed by atoms with Gasteiger partial charge in [-0.2, -0.15) is 0 Å². The minimum Gasteiger partial charge on any atom is -0.260 e. The molecule has 1 rings (SSSR count). The van der Waals surface area contributed by atoms with Gasteiger partial charge >= 0.3 is 0 Å². The molecule has 0 aliphatic carbocycles. The molecule has 0 bridgehead atoms. The van der Waals surface area contributed by atoms with Gasteiger partial charge in [0, 0.05) is 6.92 Å². The molecule has 2 nitrogen and oxygen atoms in total. The number of amidine groups is 1. The van der Waals surface area contributed by atoms with Crippen LogP contribution >= 0.6 is 0 Å². The van der Waals surface area contributed by atoms with Gasteiger partial charge in [0.25, 0.3) is 0 Å². The van der Waals surface area contributed by atoms with Crippen LogP contribution in [0.2, 0.25) is 0 Å². The van der Waals surface area contributed by atoms with Crippen molar-refractivity contribution < 1.29 is 4.58 Å². The molecule has 0 spiro atoms. The average Bonchev–Trinajstić information content (AvgIpc) is 2.21. The van der Waals surface area contributed by atoms with Crippen LogP contribution < -0.4 is 0 Å². The van der Waals surface area contributed by atoms with E-state index in [0.717, 1.165) is 0 Å². The molecule has 0 aromatic carbocycles. The molecule has 1 atom stereocenters. The molecule has 13 heavy (non-hydrogen) atoms. The van der Waals surface area contributed by atoms with Crippen LogP contribution in [0.4, 0.5) is 0 Å². The molecular formula is C11H23N2+. The Morgan fingerprint density at radius 2 is 2.00 bits per heavy atom. The molecule has 0 aromatic rings. The van der Waals surface area contributed by atoms with Crippen LogP contribution in [0.15, 0.2) is 0 Å². The second kappa shape index (κ2) is 3.32. The number of rotatable bonds is 2. The van der Waals surface area contributed by atoms with Crippen molar-refractivity contribution in [1.29, 1.82) is 0 Å².